The molecule has 0 saturated heterocycles. The highest BCUT2D eigenvalue weighted by Crippen LogP contribution is 2.24. The van der Waals surface area contributed by atoms with E-state index < -0.39 is 0 Å². The minimum atomic E-state index is -0.307. The van der Waals surface area contributed by atoms with Crippen LogP contribution in [0.25, 0.3) is 16.9 Å². The molecule has 0 atom stereocenters. The van der Waals surface area contributed by atoms with Crippen LogP contribution in [-0.4, -0.2) is 21.1 Å². The van der Waals surface area contributed by atoms with E-state index in [-0.39, 0.29) is 5.82 Å². The number of hydrogen-bond acceptors (Lipinski definition) is 3. The molecule has 4 aromatic rings. The molecule has 0 unspecified atom stereocenters. The standard InChI is InChI=1S/C23H17BrFN5S/c24-18-8-6-16(7-9-18)22-17(15-30(29-22)21-4-2-1-3-5-21)14-26-28-23(31)27-20-12-10-19(25)11-13-20/h1-15H,(H2,27,28,31). The molecule has 2 N–H and O–H groups in total. The van der Waals surface area contributed by atoms with Gasteiger partial charge >= 0.3 is 0 Å². The van der Waals surface area contributed by atoms with E-state index in [1.54, 1.807) is 18.3 Å². The summed E-state index contributed by atoms with van der Waals surface area (Å²) in [6, 6.07) is 23.7. The van der Waals surface area contributed by atoms with E-state index in [0.29, 0.717) is 10.8 Å². The maximum absolute atomic E-state index is 13.0. The molecule has 0 saturated carbocycles. The van der Waals surface area contributed by atoms with Crippen LogP contribution in [0, 0.1) is 5.82 Å². The van der Waals surface area contributed by atoms with Crippen molar-refractivity contribution in [2.24, 2.45) is 5.10 Å². The van der Waals surface area contributed by atoms with Gasteiger partial charge in [-0.15, -0.1) is 0 Å². The van der Waals surface area contributed by atoms with E-state index in [4.69, 9.17) is 17.3 Å². The van der Waals surface area contributed by atoms with Crippen LogP contribution in [0.2, 0.25) is 0 Å². The Morgan fingerprint density at radius 2 is 1.71 bits per heavy atom. The van der Waals surface area contributed by atoms with Gasteiger partial charge in [0.1, 0.15) is 11.5 Å². The minimum Gasteiger partial charge on any atom is -0.331 e. The number of hydrazone groups is 1. The largest absolute Gasteiger partial charge is 0.331 e. The Hall–Kier alpha value is -3.36. The number of thiocarbonyl (C=S) groups is 1. The molecule has 3 aromatic carbocycles. The quantitative estimate of drug-likeness (QED) is 0.211. The van der Waals surface area contributed by atoms with Gasteiger partial charge < -0.3 is 5.32 Å². The van der Waals surface area contributed by atoms with E-state index in [0.717, 1.165) is 27.0 Å². The number of nitrogens with one attached hydrogen (secondary N) is 2. The van der Waals surface area contributed by atoms with Crippen molar-refractivity contribution in [3.63, 3.8) is 0 Å². The number of halogens is 2. The van der Waals surface area contributed by atoms with Gasteiger partial charge in [-0.05, 0) is 60.7 Å². The Balaban J connectivity index is 1.55. The molecule has 0 aliphatic rings. The highest BCUT2D eigenvalue weighted by molar-refractivity contribution is 9.10. The average Bonchev–Trinajstić information content (AvgIpc) is 3.21. The van der Waals surface area contributed by atoms with E-state index in [2.05, 4.69) is 31.8 Å². The summed E-state index contributed by atoms with van der Waals surface area (Å²) >= 11 is 8.71. The smallest absolute Gasteiger partial charge is 0.191 e. The Bertz CT molecular complexity index is 1210. The molecule has 5 nitrogen and oxygen atoms in total. The number of anilines is 1. The molecule has 0 bridgehead atoms. The summed E-state index contributed by atoms with van der Waals surface area (Å²) in [5, 5.41) is 12.3. The molecule has 0 amide bonds. The topological polar surface area (TPSA) is 54.2 Å². The first-order chi connectivity index (χ1) is 15.1. The summed E-state index contributed by atoms with van der Waals surface area (Å²) in [5.41, 5.74) is 6.97. The number of nitrogens with zero attached hydrogens (tertiary/aromatic N) is 3. The molecule has 0 radical (unpaired) electrons. The van der Waals surface area contributed by atoms with Crippen molar-refractivity contribution in [3.8, 4) is 16.9 Å². The predicted octanol–water partition coefficient (Wildman–Crippen LogP) is 5.76. The third-order valence-corrected chi connectivity index (χ3v) is 5.07. The molecule has 0 aliphatic carbocycles. The van der Waals surface area contributed by atoms with Crippen molar-refractivity contribution in [3.05, 3.63) is 101 Å². The van der Waals surface area contributed by atoms with Crippen molar-refractivity contribution in [1.82, 2.24) is 15.2 Å². The summed E-state index contributed by atoms with van der Waals surface area (Å²) in [7, 11) is 0. The fourth-order valence-electron chi connectivity index (χ4n) is 2.88. The molecule has 4 rings (SSSR count). The highest BCUT2D eigenvalue weighted by Gasteiger charge is 2.11. The lowest BCUT2D eigenvalue weighted by molar-refractivity contribution is 0.628. The van der Waals surface area contributed by atoms with Crippen LogP contribution in [0.3, 0.4) is 0 Å². The van der Waals surface area contributed by atoms with Crippen molar-refractivity contribution >= 4 is 45.2 Å². The summed E-state index contributed by atoms with van der Waals surface area (Å²) in [6.07, 6.45) is 3.58. The average molecular weight is 494 g/mol. The zero-order valence-corrected chi connectivity index (χ0v) is 18.6. The van der Waals surface area contributed by atoms with E-state index in [1.807, 2.05) is 65.5 Å². The molecule has 8 heteroatoms. The van der Waals surface area contributed by atoms with E-state index in [1.165, 1.54) is 12.1 Å². The Morgan fingerprint density at radius 3 is 2.42 bits per heavy atom. The second-order valence-corrected chi connectivity index (χ2v) is 7.88. The molecular weight excluding hydrogens is 477 g/mol. The van der Waals surface area contributed by atoms with Crippen molar-refractivity contribution in [1.29, 1.82) is 0 Å². The van der Waals surface area contributed by atoms with Gasteiger partial charge in [-0.25, -0.2) is 9.07 Å². The number of rotatable bonds is 5. The second kappa shape index (κ2) is 9.63. The monoisotopic (exact) mass is 493 g/mol. The number of benzene rings is 3. The van der Waals surface area contributed by atoms with Crippen molar-refractivity contribution in [2.45, 2.75) is 0 Å². The Labute approximate surface area is 192 Å². The molecule has 31 heavy (non-hydrogen) atoms. The first-order valence-electron chi connectivity index (χ1n) is 9.35. The van der Waals surface area contributed by atoms with Gasteiger partial charge in [0.2, 0.25) is 0 Å². The van der Waals surface area contributed by atoms with Crippen LogP contribution in [0.5, 0.6) is 0 Å². The van der Waals surface area contributed by atoms with Crippen LogP contribution in [0.15, 0.2) is 94.6 Å². The van der Waals surface area contributed by atoms with E-state index >= 15 is 0 Å². The van der Waals surface area contributed by atoms with E-state index in [9.17, 15) is 4.39 Å². The third-order valence-electron chi connectivity index (χ3n) is 4.35. The molecule has 154 valence electrons. The molecule has 0 spiro atoms. The molecule has 1 heterocycles. The van der Waals surface area contributed by atoms with Gasteiger partial charge in [-0.3, -0.25) is 5.43 Å². The van der Waals surface area contributed by atoms with Crippen molar-refractivity contribution < 1.29 is 4.39 Å². The Morgan fingerprint density at radius 1 is 1.00 bits per heavy atom. The van der Waals surface area contributed by atoms with Crippen molar-refractivity contribution in [2.75, 3.05) is 5.32 Å². The van der Waals surface area contributed by atoms with Gasteiger partial charge in [0.25, 0.3) is 0 Å². The maximum Gasteiger partial charge on any atom is 0.191 e. The highest BCUT2D eigenvalue weighted by atomic mass is 79.9. The summed E-state index contributed by atoms with van der Waals surface area (Å²) in [6.45, 7) is 0. The zero-order chi connectivity index (χ0) is 21.6. The molecule has 0 aliphatic heterocycles. The molecule has 0 fully saturated rings. The number of para-hydroxylation sites is 1. The lowest BCUT2D eigenvalue weighted by Gasteiger charge is -2.06. The summed E-state index contributed by atoms with van der Waals surface area (Å²) < 4.78 is 15.8. The summed E-state index contributed by atoms with van der Waals surface area (Å²) in [5.74, 6) is -0.307. The van der Waals surface area contributed by atoms with Gasteiger partial charge in [-0.2, -0.15) is 10.2 Å². The lowest BCUT2D eigenvalue weighted by atomic mass is 10.1. The SMILES string of the molecule is Fc1ccc(NC(=S)NN=Cc2cn(-c3ccccc3)nc2-c2ccc(Br)cc2)cc1. The lowest BCUT2D eigenvalue weighted by Crippen LogP contribution is -2.23. The molecule has 1 aromatic heterocycles. The van der Waals surface area contributed by atoms with Gasteiger partial charge in [0, 0.05) is 27.5 Å². The maximum atomic E-state index is 13.0. The zero-order valence-electron chi connectivity index (χ0n) is 16.2. The van der Waals surface area contributed by atoms with Gasteiger partial charge in [-0.1, -0.05) is 46.3 Å². The number of hydrogen-bond donors (Lipinski definition) is 2. The predicted molar refractivity (Wildman–Crippen MR) is 130 cm³/mol. The fourth-order valence-corrected chi connectivity index (χ4v) is 3.31. The van der Waals surface area contributed by atoms with Crippen LogP contribution < -0.4 is 10.7 Å². The van der Waals surface area contributed by atoms with Crippen LogP contribution in [0.4, 0.5) is 10.1 Å². The van der Waals surface area contributed by atoms with Gasteiger partial charge in [0.05, 0.1) is 11.9 Å². The van der Waals surface area contributed by atoms with Crippen LogP contribution in [0.1, 0.15) is 5.56 Å². The van der Waals surface area contributed by atoms with Gasteiger partial charge in [0.15, 0.2) is 5.11 Å². The summed E-state index contributed by atoms with van der Waals surface area (Å²) in [4.78, 5) is 0. The van der Waals surface area contributed by atoms with Crippen LogP contribution in [-0.2, 0) is 0 Å². The second-order valence-electron chi connectivity index (χ2n) is 6.55. The Kier molecular flexibility index (Phi) is 6.49. The normalized spacial score (nSPS) is 10.9. The number of aromatic nitrogens is 2. The fraction of sp³-hybridized carbons (Fsp3) is 0. The van der Waals surface area contributed by atoms with Crippen LogP contribution >= 0.6 is 28.1 Å². The molecular formula is C23H17BrFN5S. The first-order valence-corrected chi connectivity index (χ1v) is 10.6. The first kappa shape index (κ1) is 20.9. The third kappa shape index (κ3) is 5.42. The minimum absolute atomic E-state index is 0.295.